The number of nitrogens with zero attached hydrogens (tertiary/aromatic N) is 2. The maximum Gasteiger partial charge on any atom is 0.142 e. The van der Waals surface area contributed by atoms with E-state index in [1.807, 2.05) is 25.1 Å². The number of aryl methyl sites for hydroxylation is 1. The molecule has 2 rings (SSSR count). The predicted octanol–water partition coefficient (Wildman–Crippen LogP) is 2.16. The highest BCUT2D eigenvalue weighted by atomic mass is 79.9. The summed E-state index contributed by atoms with van der Waals surface area (Å²) in [6, 6.07) is 5.91. The molecule has 1 aromatic heterocycles. The molecular weight excluding hydrogens is 242 g/mol. The summed E-state index contributed by atoms with van der Waals surface area (Å²) in [6.45, 7) is 2.34. The SMILES string of the molecule is Cc1nc(CN)nc2cccc(Br)c12. The summed E-state index contributed by atoms with van der Waals surface area (Å²) < 4.78 is 1.02. The predicted molar refractivity (Wildman–Crippen MR) is 59.9 cm³/mol. The minimum atomic E-state index is 0.378. The van der Waals surface area contributed by atoms with E-state index in [4.69, 9.17) is 5.73 Å². The lowest BCUT2D eigenvalue weighted by atomic mass is 10.2. The molecule has 4 heteroatoms. The summed E-state index contributed by atoms with van der Waals surface area (Å²) in [6.07, 6.45) is 0. The highest BCUT2D eigenvalue weighted by Gasteiger charge is 2.05. The van der Waals surface area contributed by atoms with Crippen molar-refractivity contribution in [2.45, 2.75) is 13.5 Å². The van der Waals surface area contributed by atoms with Crippen LogP contribution in [0.1, 0.15) is 11.5 Å². The van der Waals surface area contributed by atoms with Gasteiger partial charge < -0.3 is 5.73 Å². The first-order valence-electron chi connectivity index (χ1n) is 4.34. The van der Waals surface area contributed by atoms with Gasteiger partial charge in [-0.1, -0.05) is 22.0 Å². The van der Waals surface area contributed by atoms with Crippen LogP contribution in [0.3, 0.4) is 0 Å². The van der Waals surface area contributed by atoms with Gasteiger partial charge in [-0.25, -0.2) is 9.97 Å². The van der Waals surface area contributed by atoms with E-state index in [2.05, 4.69) is 25.9 Å². The molecule has 2 aromatic rings. The topological polar surface area (TPSA) is 51.8 Å². The Hall–Kier alpha value is -1.000. The average Bonchev–Trinajstić information content (AvgIpc) is 2.17. The van der Waals surface area contributed by atoms with Gasteiger partial charge in [0.25, 0.3) is 0 Å². The number of rotatable bonds is 1. The number of benzene rings is 1. The maximum atomic E-state index is 5.51. The van der Waals surface area contributed by atoms with E-state index < -0.39 is 0 Å². The molecule has 0 radical (unpaired) electrons. The van der Waals surface area contributed by atoms with Crippen LogP contribution in [0.25, 0.3) is 10.9 Å². The van der Waals surface area contributed by atoms with Crippen LogP contribution in [0.5, 0.6) is 0 Å². The van der Waals surface area contributed by atoms with Gasteiger partial charge in [0.1, 0.15) is 5.82 Å². The lowest BCUT2D eigenvalue weighted by molar-refractivity contribution is 0.911. The third-order valence-corrected chi connectivity index (χ3v) is 2.74. The van der Waals surface area contributed by atoms with Crippen LogP contribution in [-0.4, -0.2) is 9.97 Å². The molecule has 1 aromatic carbocycles. The second-order valence-corrected chi connectivity index (χ2v) is 3.92. The molecule has 0 aliphatic rings. The van der Waals surface area contributed by atoms with E-state index in [1.54, 1.807) is 0 Å². The minimum absolute atomic E-state index is 0.378. The molecular formula is C10H10BrN3. The molecule has 0 atom stereocenters. The van der Waals surface area contributed by atoms with Crippen molar-refractivity contribution in [3.63, 3.8) is 0 Å². The van der Waals surface area contributed by atoms with E-state index in [0.717, 1.165) is 21.1 Å². The van der Waals surface area contributed by atoms with Crippen LogP contribution < -0.4 is 5.73 Å². The maximum absolute atomic E-state index is 5.51. The minimum Gasteiger partial charge on any atom is -0.324 e. The standard InChI is InChI=1S/C10H10BrN3/c1-6-10-7(11)3-2-4-8(10)14-9(5-12)13-6/h2-4H,5,12H2,1H3. The van der Waals surface area contributed by atoms with Crippen molar-refractivity contribution >= 4 is 26.8 Å². The fourth-order valence-corrected chi connectivity index (χ4v) is 2.11. The Morgan fingerprint density at radius 2 is 2.14 bits per heavy atom. The van der Waals surface area contributed by atoms with Crippen LogP contribution in [0, 0.1) is 6.92 Å². The van der Waals surface area contributed by atoms with E-state index >= 15 is 0 Å². The number of fused-ring (bicyclic) bond motifs is 1. The van der Waals surface area contributed by atoms with Crippen molar-refractivity contribution in [2.75, 3.05) is 0 Å². The molecule has 0 saturated carbocycles. The summed E-state index contributed by atoms with van der Waals surface area (Å²) in [4.78, 5) is 8.66. The Kier molecular flexibility index (Phi) is 2.48. The molecule has 0 saturated heterocycles. The lowest BCUT2D eigenvalue weighted by Crippen LogP contribution is -2.04. The van der Waals surface area contributed by atoms with Crippen molar-refractivity contribution in [1.29, 1.82) is 0 Å². The van der Waals surface area contributed by atoms with Gasteiger partial charge in [0.05, 0.1) is 17.8 Å². The Morgan fingerprint density at radius 1 is 1.36 bits per heavy atom. The first-order chi connectivity index (χ1) is 6.72. The van der Waals surface area contributed by atoms with Crippen molar-refractivity contribution in [3.8, 4) is 0 Å². The van der Waals surface area contributed by atoms with Crippen LogP contribution in [0.15, 0.2) is 22.7 Å². The average molecular weight is 252 g/mol. The molecule has 0 aliphatic heterocycles. The number of halogens is 1. The van der Waals surface area contributed by atoms with Crippen LogP contribution in [-0.2, 0) is 6.54 Å². The summed E-state index contributed by atoms with van der Waals surface area (Å²) >= 11 is 3.48. The molecule has 3 nitrogen and oxygen atoms in total. The third-order valence-electron chi connectivity index (χ3n) is 2.08. The monoisotopic (exact) mass is 251 g/mol. The molecule has 0 amide bonds. The zero-order valence-corrected chi connectivity index (χ0v) is 9.37. The zero-order valence-electron chi connectivity index (χ0n) is 7.79. The summed E-state index contributed by atoms with van der Waals surface area (Å²) in [5.41, 5.74) is 7.41. The van der Waals surface area contributed by atoms with Gasteiger partial charge in [-0.2, -0.15) is 0 Å². The molecule has 0 spiro atoms. The van der Waals surface area contributed by atoms with Crippen LogP contribution in [0.4, 0.5) is 0 Å². The number of aromatic nitrogens is 2. The fraction of sp³-hybridized carbons (Fsp3) is 0.200. The van der Waals surface area contributed by atoms with E-state index in [9.17, 15) is 0 Å². The van der Waals surface area contributed by atoms with Gasteiger partial charge in [-0.15, -0.1) is 0 Å². The van der Waals surface area contributed by atoms with Gasteiger partial charge >= 0.3 is 0 Å². The van der Waals surface area contributed by atoms with Crippen molar-refractivity contribution in [1.82, 2.24) is 9.97 Å². The number of hydrogen-bond acceptors (Lipinski definition) is 3. The Bertz CT molecular complexity index is 482. The third kappa shape index (κ3) is 1.51. The molecule has 0 bridgehead atoms. The second-order valence-electron chi connectivity index (χ2n) is 3.06. The molecule has 0 aliphatic carbocycles. The molecule has 14 heavy (non-hydrogen) atoms. The number of hydrogen-bond donors (Lipinski definition) is 1. The molecule has 2 N–H and O–H groups in total. The van der Waals surface area contributed by atoms with Crippen LogP contribution >= 0.6 is 15.9 Å². The molecule has 0 unspecified atom stereocenters. The van der Waals surface area contributed by atoms with Gasteiger partial charge in [-0.05, 0) is 19.1 Å². The summed E-state index contributed by atoms with van der Waals surface area (Å²) in [7, 11) is 0. The normalized spacial score (nSPS) is 10.8. The number of nitrogens with two attached hydrogens (primary N) is 1. The lowest BCUT2D eigenvalue weighted by Gasteiger charge is -2.05. The van der Waals surface area contributed by atoms with Crippen molar-refractivity contribution in [3.05, 3.63) is 34.2 Å². The van der Waals surface area contributed by atoms with E-state index in [1.165, 1.54) is 0 Å². The Morgan fingerprint density at radius 3 is 2.86 bits per heavy atom. The first kappa shape index (κ1) is 9.55. The highest BCUT2D eigenvalue weighted by Crippen LogP contribution is 2.24. The molecule has 0 fully saturated rings. The van der Waals surface area contributed by atoms with E-state index in [0.29, 0.717) is 12.4 Å². The fourth-order valence-electron chi connectivity index (χ4n) is 1.47. The molecule has 1 heterocycles. The van der Waals surface area contributed by atoms with Gasteiger partial charge in [-0.3, -0.25) is 0 Å². The zero-order chi connectivity index (χ0) is 10.1. The largest absolute Gasteiger partial charge is 0.324 e. The van der Waals surface area contributed by atoms with Gasteiger partial charge in [0.15, 0.2) is 0 Å². The first-order valence-corrected chi connectivity index (χ1v) is 5.13. The Labute approximate surface area is 90.5 Å². The Balaban J connectivity index is 2.83. The highest BCUT2D eigenvalue weighted by molar-refractivity contribution is 9.10. The van der Waals surface area contributed by atoms with E-state index in [-0.39, 0.29) is 0 Å². The van der Waals surface area contributed by atoms with Crippen LogP contribution in [0.2, 0.25) is 0 Å². The second kappa shape index (κ2) is 3.63. The summed E-state index contributed by atoms with van der Waals surface area (Å²) in [5, 5.41) is 1.06. The van der Waals surface area contributed by atoms with Gasteiger partial charge in [0.2, 0.25) is 0 Å². The van der Waals surface area contributed by atoms with Crippen molar-refractivity contribution in [2.24, 2.45) is 5.73 Å². The summed E-state index contributed by atoms with van der Waals surface area (Å²) in [5.74, 6) is 0.688. The van der Waals surface area contributed by atoms with Gasteiger partial charge in [0, 0.05) is 9.86 Å². The molecule has 72 valence electrons. The quantitative estimate of drug-likeness (QED) is 0.846. The smallest absolute Gasteiger partial charge is 0.142 e. The van der Waals surface area contributed by atoms with Crippen molar-refractivity contribution < 1.29 is 0 Å².